The first-order valence-corrected chi connectivity index (χ1v) is 5.66. The van der Waals surface area contributed by atoms with Crippen LogP contribution in [0.15, 0.2) is 18.2 Å². The van der Waals surface area contributed by atoms with E-state index in [-0.39, 0.29) is 18.6 Å². The zero-order valence-corrected chi connectivity index (χ0v) is 9.81. The van der Waals surface area contributed by atoms with Crippen molar-refractivity contribution in [1.82, 2.24) is 5.32 Å². The Morgan fingerprint density at radius 2 is 2.47 bits per heavy atom. The number of amides is 1. The first-order valence-electron chi connectivity index (χ1n) is 4.46. The van der Waals surface area contributed by atoms with Crippen molar-refractivity contribution >= 4 is 34.9 Å². The van der Waals surface area contributed by atoms with Crippen LogP contribution >= 0.6 is 22.9 Å². The molecular formula is C10H12ClNO2S. The first kappa shape index (κ1) is 12.2. The molecule has 0 bridgehead atoms. The number of aliphatic hydroxyl groups is 1. The number of nitrogens with one attached hydrogen (secondary N) is 1. The maximum Gasteiger partial charge on any atom is 0.244 e. The van der Waals surface area contributed by atoms with Gasteiger partial charge in [0.1, 0.15) is 0 Å². The summed E-state index contributed by atoms with van der Waals surface area (Å²) in [6.07, 6.45) is 3.12. The fourth-order valence-electron chi connectivity index (χ4n) is 0.912. The van der Waals surface area contributed by atoms with Gasteiger partial charge in [0.25, 0.3) is 0 Å². The molecule has 1 rings (SSSR count). The maximum absolute atomic E-state index is 11.3. The van der Waals surface area contributed by atoms with E-state index in [0.29, 0.717) is 4.34 Å². The van der Waals surface area contributed by atoms with Crippen LogP contribution < -0.4 is 5.32 Å². The molecule has 0 aliphatic carbocycles. The summed E-state index contributed by atoms with van der Waals surface area (Å²) in [6, 6.07) is 3.39. The van der Waals surface area contributed by atoms with Crippen LogP contribution in [-0.4, -0.2) is 23.7 Å². The lowest BCUT2D eigenvalue weighted by Crippen LogP contribution is -2.33. The van der Waals surface area contributed by atoms with Crippen LogP contribution in [0.5, 0.6) is 0 Å². The van der Waals surface area contributed by atoms with Crippen molar-refractivity contribution in [3.63, 3.8) is 0 Å². The number of hydrogen-bond acceptors (Lipinski definition) is 3. The summed E-state index contributed by atoms with van der Waals surface area (Å²) >= 11 is 7.14. The van der Waals surface area contributed by atoms with Gasteiger partial charge in [0.05, 0.1) is 10.9 Å². The monoisotopic (exact) mass is 245 g/mol. The highest BCUT2D eigenvalue weighted by Gasteiger charge is 2.02. The summed E-state index contributed by atoms with van der Waals surface area (Å²) in [4.78, 5) is 12.2. The lowest BCUT2D eigenvalue weighted by atomic mass is 10.3. The molecule has 0 aliphatic rings. The van der Waals surface area contributed by atoms with Gasteiger partial charge in [-0.3, -0.25) is 4.79 Å². The molecule has 0 saturated heterocycles. The fraction of sp³-hybridized carbons (Fsp3) is 0.300. The van der Waals surface area contributed by atoms with E-state index in [1.54, 1.807) is 19.1 Å². The molecule has 0 radical (unpaired) electrons. The van der Waals surface area contributed by atoms with Gasteiger partial charge >= 0.3 is 0 Å². The van der Waals surface area contributed by atoms with Gasteiger partial charge in [-0.2, -0.15) is 0 Å². The molecule has 1 amide bonds. The van der Waals surface area contributed by atoms with Gasteiger partial charge < -0.3 is 10.4 Å². The van der Waals surface area contributed by atoms with E-state index in [4.69, 9.17) is 16.7 Å². The molecule has 3 nitrogen and oxygen atoms in total. The molecule has 5 heteroatoms. The quantitative estimate of drug-likeness (QED) is 0.797. The largest absolute Gasteiger partial charge is 0.394 e. The minimum absolute atomic E-state index is 0.0651. The van der Waals surface area contributed by atoms with Gasteiger partial charge in [0.15, 0.2) is 0 Å². The predicted molar refractivity (Wildman–Crippen MR) is 63.1 cm³/mol. The molecule has 1 atom stereocenters. The smallest absolute Gasteiger partial charge is 0.244 e. The Morgan fingerprint density at radius 1 is 1.73 bits per heavy atom. The first-order chi connectivity index (χ1) is 7.11. The van der Waals surface area contributed by atoms with E-state index < -0.39 is 0 Å². The summed E-state index contributed by atoms with van der Waals surface area (Å²) in [7, 11) is 0. The molecule has 1 heterocycles. The maximum atomic E-state index is 11.3. The Labute approximate surface area is 97.4 Å². The van der Waals surface area contributed by atoms with Crippen LogP contribution in [-0.2, 0) is 4.79 Å². The Morgan fingerprint density at radius 3 is 3.00 bits per heavy atom. The Kier molecular flexibility index (Phi) is 4.81. The van der Waals surface area contributed by atoms with Crippen LogP contribution in [0, 0.1) is 0 Å². The molecule has 0 saturated carbocycles. The second-order valence-electron chi connectivity index (χ2n) is 3.07. The van der Waals surface area contributed by atoms with E-state index in [2.05, 4.69) is 5.32 Å². The van der Waals surface area contributed by atoms with Crippen LogP contribution in [0.2, 0.25) is 4.34 Å². The minimum atomic E-state index is -0.228. The predicted octanol–water partition coefficient (Wildman–Crippen LogP) is 1.91. The highest BCUT2D eigenvalue weighted by atomic mass is 35.5. The van der Waals surface area contributed by atoms with Crippen LogP contribution in [0.4, 0.5) is 0 Å². The lowest BCUT2D eigenvalue weighted by molar-refractivity contribution is -0.117. The summed E-state index contributed by atoms with van der Waals surface area (Å²) in [5, 5.41) is 11.3. The number of thiophene rings is 1. The molecule has 1 aromatic rings. The second-order valence-corrected chi connectivity index (χ2v) is 4.81. The molecule has 0 aliphatic heterocycles. The summed E-state index contributed by atoms with van der Waals surface area (Å²) in [6.45, 7) is 1.66. The van der Waals surface area contributed by atoms with Gasteiger partial charge in [0.2, 0.25) is 5.91 Å². The van der Waals surface area contributed by atoms with Crippen molar-refractivity contribution in [3.05, 3.63) is 27.4 Å². The van der Waals surface area contributed by atoms with Crippen molar-refractivity contribution in [2.75, 3.05) is 6.61 Å². The number of hydrogen-bond donors (Lipinski definition) is 2. The van der Waals surface area contributed by atoms with E-state index in [1.807, 2.05) is 6.07 Å². The molecule has 0 spiro atoms. The van der Waals surface area contributed by atoms with Crippen LogP contribution in [0.3, 0.4) is 0 Å². The van der Waals surface area contributed by atoms with E-state index >= 15 is 0 Å². The van der Waals surface area contributed by atoms with Crippen LogP contribution in [0.25, 0.3) is 6.08 Å². The highest BCUT2D eigenvalue weighted by molar-refractivity contribution is 7.17. The molecule has 2 N–H and O–H groups in total. The van der Waals surface area contributed by atoms with Crippen molar-refractivity contribution in [1.29, 1.82) is 0 Å². The normalized spacial score (nSPS) is 13.0. The molecule has 1 unspecified atom stereocenters. The van der Waals surface area contributed by atoms with Crippen molar-refractivity contribution in [2.45, 2.75) is 13.0 Å². The molecule has 1 aromatic heterocycles. The minimum Gasteiger partial charge on any atom is -0.394 e. The lowest BCUT2D eigenvalue weighted by Gasteiger charge is -2.07. The van der Waals surface area contributed by atoms with Gasteiger partial charge in [-0.1, -0.05) is 11.6 Å². The third-order valence-electron chi connectivity index (χ3n) is 1.66. The number of halogens is 1. The Hall–Kier alpha value is -0.840. The average Bonchev–Trinajstić information content (AvgIpc) is 2.61. The molecular weight excluding hydrogens is 234 g/mol. The molecule has 82 valence electrons. The second kappa shape index (κ2) is 5.90. The third-order valence-corrected chi connectivity index (χ3v) is 2.85. The summed E-state index contributed by atoms with van der Waals surface area (Å²) < 4.78 is 0.693. The molecule has 0 aromatic carbocycles. The number of aliphatic hydroxyl groups excluding tert-OH is 1. The number of carbonyl (C=O) groups is 1. The molecule has 15 heavy (non-hydrogen) atoms. The van der Waals surface area contributed by atoms with E-state index in [1.165, 1.54) is 17.4 Å². The standard InChI is InChI=1S/C10H12ClNO2S/c1-7(6-13)12-10(14)5-3-8-2-4-9(11)15-8/h2-5,7,13H,6H2,1H3,(H,12,14)/b5-3+. The zero-order valence-electron chi connectivity index (χ0n) is 8.24. The SMILES string of the molecule is CC(CO)NC(=O)/C=C/c1ccc(Cl)s1. The topological polar surface area (TPSA) is 49.3 Å². The third kappa shape index (κ3) is 4.46. The Balaban J connectivity index is 2.47. The Bertz CT molecular complexity index is 362. The van der Waals surface area contributed by atoms with E-state index in [9.17, 15) is 4.79 Å². The highest BCUT2D eigenvalue weighted by Crippen LogP contribution is 2.22. The van der Waals surface area contributed by atoms with Gasteiger partial charge in [-0.25, -0.2) is 0 Å². The summed E-state index contributed by atoms with van der Waals surface area (Å²) in [5.41, 5.74) is 0. The van der Waals surface area contributed by atoms with Crippen LogP contribution in [0.1, 0.15) is 11.8 Å². The number of carbonyl (C=O) groups excluding carboxylic acids is 1. The van der Waals surface area contributed by atoms with Crippen molar-refractivity contribution in [3.8, 4) is 0 Å². The van der Waals surface area contributed by atoms with Crippen molar-refractivity contribution in [2.24, 2.45) is 0 Å². The van der Waals surface area contributed by atoms with E-state index in [0.717, 1.165) is 4.88 Å². The fourth-order valence-corrected chi connectivity index (χ4v) is 1.88. The van der Waals surface area contributed by atoms with Gasteiger partial charge in [-0.15, -0.1) is 11.3 Å². The molecule has 0 fully saturated rings. The zero-order chi connectivity index (χ0) is 11.3. The van der Waals surface area contributed by atoms with Crippen molar-refractivity contribution < 1.29 is 9.90 Å². The summed E-state index contributed by atoms with van der Waals surface area (Å²) in [5.74, 6) is -0.221. The number of rotatable bonds is 4. The van der Waals surface area contributed by atoms with Gasteiger partial charge in [0, 0.05) is 17.0 Å². The average molecular weight is 246 g/mol. The van der Waals surface area contributed by atoms with Gasteiger partial charge in [-0.05, 0) is 25.1 Å².